The predicted molar refractivity (Wildman–Crippen MR) is 79.8 cm³/mol. The highest BCUT2D eigenvalue weighted by atomic mass is 16.3. The van der Waals surface area contributed by atoms with E-state index in [2.05, 4.69) is 6.07 Å². The third kappa shape index (κ3) is 2.20. The molecule has 2 aliphatic rings. The van der Waals surface area contributed by atoms with Crippen molar-refractivity contribution < 1.29 is 9.21 Å². The quantitative estimate of drug-likeness (QED) is 0.805. The zero-order valence-electron chi connectivity index (χ0n) is 11.9. The highest BCUT2D eigenvalue weighted by Gasteiger charge is 2.29. The van der Waals surface area contributed by atoms with E-state index < -0.39 is 0 Å². The number of urea groups is 1. The van der Waals surface area contributed by atoms with Gasteiger partial charge in [0.25, 0.3) is 0 Å². The Morgan fingerprint density at radius 2 is 1.86 bits per heavy atom. The number of carbonyl (C=O) groups excluding carboxylic acids is 1. The number of likely N-dealkylation sites (tertiary alicyclic amines) is 1. The molecule has 3 heterocycles. The average Bonchev–Trinajstić information content (AvgIpc) is 2.89. The van der Waals surface area contributed by atoms with Gasteiger partial charge in [0.05, 0.1) is 6.54 Å². The summed E-state index contributed by atoms with van der Waals surface area (Å²) in [5, 5.41) is 0. The normalized spacial score (nSPS) is 17.3. The van der Waals surface area contributed by atoms with Crippen LogP contribution in [0.3, 0.4) is 0 Å². The van der Waals surface area contributed by atoms with Crippen LogP contribution in [0.5, 0.6) is 0 Å². The van der Waals surface area contributed by atoms with E-state index in [-0.39, 0.29) is 6.03 Å². The Morgan fingerprint density at radius 3 is 2.57 bits per heavy atom. The average molecular weight is 282 g/mol. The van der Waals surface area contributed by atoms with Gasteiger partial charge in [-0.1, -0.05) is 30.3 Å². The maximum absolute atomic E-state index is 12.3. The van der Waals surface area contributed by atoms with E-state index in [9.17, 15) is 4.79 Å². The van der Waals surface area contributed by atoms with E-state index >= 15 is 0 Å². The van der Waals surface area contributed by atoms with Crippen molar-refractivity contribution in [3.63, 3.8) is 0 Å². The molecule has 2 aromatic rings. The Bertz CT molecular complexity index is 659. The number of rotatable bonds is 1. The van der Waals surface area contributed by atoms with Gasteiger partial charge < -0.3 is 14.2 Å². The van der Waals surface area contributed by atoms with Crippen molar-refractivity contribution in [3.8, 4) is 11.3 Å². The molecule has 1 fully saturated rings. The minimum atomic E-state index is 0.157. The third-order valence-corrected chi connectivity index (χ3v) is 4.34. The Kier molecular flexibility index (Phi) is 2.95. The fourth-order valence-electron chi connectivity index (χ4n) is 2.94. The van der Waals surface area contributed by atoms with Crippen LogP contribution >= 0.6 is 0 Å². The first-order valence-electron chi connectivity index (χ1n) is 7.52. The molecule has 0 bridgehead atoms. The lowest BCUT2D eigenvalue weighted by atomic mass is 10.1. The van der Waals surface area contributed by atoms with Crippen LogP contribution in [0.25, 0.3) is 11.3 Å². The lowest BCUT2D eigenvalue weighted by molar-refractivity contribution is 0.119. The molecule has 4 heteroatoms. The molecule has 0 unspecified atom stereocenters. The molecule has 1 aromatic heterocycles. The van der Waals surface area contributed by atoms with Crippen LogP contribution in [0.4, 0.5) is 4.79 Å². The van der Waals surface area contributed by atoms with E-state index in [1.165, 1.54) is 5.56 Å². The van der Waals surface area contributed by atoms with Crippen molar-refractivity contribution in [1.82, 2.24) is 9.80 Å². The molecule has 1 aromatic carbocycles. The Balaban J connectivity index is 1.55. The van der Waals surface area contributed by atoms with Gasteiger partial charge in [0.1, 0.15) is 11.5 Å². The van der Waals surface area contributed by atoms with Crippen LogP contribution in [0.1, 0.15) is 17.7 Å². The SMILES string of the molecule is O=C(N1CCC1)N1CCc2cc(-c3ccccc3)oc2C1. The number of carbonyl (C=O) groups is 1. The number of fused-ring (bicyclic) bond motifs is 1. The molecule has 0 N–H and O–H groups in total. The largest absolute Gasteiger partial charge is 0.459 e. The Hall–Kier alpha value is -2.23. The molecule has 0 atom stereocenters. The van der Waals surface area contributed by atoms with Crippen LogP contribution in [0.15, 0.2) is 40.8 Å². The number of hydrogen-bond acceptors (Lipinski definition) is 2. The third-order valence-electron chi connectivity index (χ3n) is 4.34. The van der Waals surface area contributed by atoms with Gasteiger partial charge in [0.15, 0.2) is 0 Å². The van der Waals surface area contributed by atoms with Crippen molar-refractivity contribution in [2.24, 2.45) is 0 Å². The summed E-state index contributed by atoms with van der Waals surface area (Å²) in [4.78, 5) is 16.1. The molecule has 108 valence electrons. The summed E-state index contributed by atoms with van der Waals surface area (Å²) < 4.78 is 5.99. The standard InChI is InChI=1S/C17H18N2O2/c20-17(18-8-4-9-18)19-10-7-14-11-15(21-16(14)12-19)13-5-2-1-3-6-13/h1-3,5-6,11H,4,7-10,12H2. The van der Waals surface area contributed by atoms with Crippen molar-refractivity contribution in [2.45, 2.75) is 19.4 Å². The van der Waals surface area contributed by atoms with Gasteiger partial charge >= 0.3 is 6.03 Å². The molecule has 0 aliphatic carbocycles. The lowest BCUT2D eigenvalue weighted by Crippen LogP contribution is -2.50. The highest BCUT2D eigenvalue weighted by molar-refractivity contribution is 5.75. The fourth-order valence-corrected chi connectivity index (χ4v) is 2.94. The van der Waals surface area contributed by atoms with Crippen molar-refractivity contribution in [3.05, 3.63) is 47.7 Å². The second-order valence-electron chi connectivity index (χ2n) is 5.72. The minimum Gasteiger partial charge on any atom is -0.459 e. The highest BCUT2D eigenvalue weighted by Crippen LogP contribution is 2.30. The number of amides is 2. The van der Waals surface area contributed by atoms with Crippen molar-refractivity contribution >= 4 is 6.03 Å². The maximum Gasteiger partial charge on any atom is 0.320 e. The summed E-state index contributed by atoms with van der Waals surface area (Å²) in [6, 6.07) is 12.4. The summed E-state index contributed by atoms with van der Waals surface area (Å²) in [6.07, 6.45) is 2.01. The zero-order valence-corrected chi connectivity index (χ0v) is 11.9. The first-order chi connectivity index (χ1) is 10.3. The summed E-state index contributed by atoms with van der Waals surface area (Å²) >= 11 is 0. The molecule has 4 nitrogen and oxygen atoms in total. The van der Waals surface area contributed by atoms with Gasteiger partial charge in [0.2, 0.25) is 0 Å². The van der Waals surface area contributed by atoms with E-state index in [1.807, 2.05) is 40.1 Å². The number of benzene rings is 1. The van der Waals surface area contributed by atoms with Gasteiger partial charge in [-0.3, -0.25) is 0 Å². The maximum atomic E-state index is 12.3. The summed E-state index contributed by atoms with van der Waals surface area (Å²) in [5.74, 6) is 1.84. The van der Waals surface area contributed by atoms with E-state index in [1.54, 1.807) is 0 Å². The molecule has 2 amide bonds. The van der Waals surface area contributed by atoms with Crippen LogP contribution < -0.4 is 0 Å². The van der Waals surface area contributed by atoms with Crippen LogP contribution in [-0.4, -0.2) is 35.5 Å². The summed E-state index contributed by atoms with van der Waals surface area (Å²) in [7, 11) is 0. The first kappa shape index (κ1) is 12.5. The molecule has 4 rings (SSSR count). The second-order valence-corrected chi connectivity index (χ2v) is 5.72. The molecule has 21 heavy (non-hydrogen) atoms. The van der Waals surface area contributed by atoms with Crippen molar-refractivity contribution in [2.75, 3.05) is 19.6 Å². The van der Waals surface area contributed by atoms with E-state index in [0.29, 0.717) is 6.54 Å². The molecule has 1 saturated heterocycles. The molecule has 2 aliphatic heterocycles. The minimum absolute atomic E-state index is 0.157. The van der Waals surface area contributed by atoms with E-state index in [4.69, 9.17) is 4.42 Å². The molecular weight excluding hydrogens is 264 g/mol. The topological polar surface area (TPSA) is 36.7 Å². The van der Waals surface area contributed by atoms with E-state index in [0.717, 1.165) is 49.6 Å². The molecule has 0 radical (unpaired) electrons. The monoisotopic (exact) mass is 282 g/mol. The van der Waals surface area contributed by atoms with Crippen LogP contribution in [0.2, 0.25) is 0 Å². The lowest BCUT2D eigenvalue weighted by Gasteiger charge is -2.37. The van der Waals surface area contributed by atoms with Crippen molar-refractivity contribution in [1.29, 1.82) is 0 Å². The van der Waals surface area contributed by atoms with Gasteiger partial charge in [-0.2, -0.15) is 0 Å². The Morgan fingerprint density at radius 1 is 1.05 bits per heavy atom. The molecule has 0 spiro atoms. The summed E-state index contributed by atoms with van der Waals surface area (Å²) in [6.45, 7) is 3.18. The van der Waals surface area contributed by atoms with Gasteiger partial charge in [-0.25, -0.2) is 4.79 Å². The number of furan rings is 1. The smallest absolute Gasteiger partial charge is 0.320 e. The van der Waals surface area contributed by atoms with Crippen LogP contribution in [0, 0.1) is 0 Å². The first-order valence-corrected chi connectivity index (χ1v) is 7.52. The Labute approximate surface area is 124 Å². The number of nitrogens with zero attached hydrogens (tertiary/aromatic N) is 2. The van der Waals surface area contributed by atoms with Gasteiger partial charge in [-0.15, -0.1) is 0 Å². The predicted octanol–water partition coefficient (Wildman–Crippen LogP) is 3.13. The zero-order chi connectivity index (χ0) is 14.2. The second kappa shape index (κ2) is 4.95. The van der Waals surface area contributed by atoms with Gasteiger partial charge in [0, 0.05) is 25.2 Å². The summed E-state index contributed by atoms with van der Waals surface area (Å²) in [5.41, 5.74) is 2.33. The van der Waals surface area contributed by atoms with Crippen LogP contribution in [-0.2, 0) is 13.0 Å². The number of hydrogen-bond donors (Lipinski definition) is 0. The fraction of sp³-hybridized carbons (Fsp3) is 0.353. The molecule has 0 saturated carbocycles. The van der Waals surface area contributed by atoms with Gasteiger partial charge in [-0.05, 0) is 24.5 Å². The molecular formula is C17H18N2O2.